The summed E-state index contributed by atoms with van der Waals surface area (Å²) in [5.74, 6) is -0.413. The minimum atomic E-state index is -0.700. The predicted molar refractivity (Wildman–Crippen MR) is 69.0 cm³/mol. The van der Waals surface area contributed by atoms with Crippen molar-refractivity contribution in [2.24, 2.45) is 0 Å². The molecule has 0 aliphatic rings. The van der Waals surface area contributed by atoms with Crippen molar-refractivity contribution in [2.45, 2.75) is 64.7 Å². The minimum absolute atomic E-state index is 0.287. The Kier molecular flexibility index (Phi) is 10.6. The van der Waals surface area contributed by atoms with Crippen LogP contribution in [0.15, 0.2) is 12.2 Å². The molecule has 0 unspecified atom stereocenters. The number of hydrogen-bond acceptors (Lipinski definition) is 2. The van der Waals surface area contributed by atoms with E-state index >= 15 is 0 Å². The van der Waals surface area contributed by atoms with Crippen LogP contribution in [0.1, 0.15) is 64.7 Å². The highest BCUT2D eigenvalue weighted by atomic mass is 16.4. The number of carbonyl (C=O) groups is 2. The van der Waals surface area contributed by atoms with E-state index in [2.05, 4.69) is 6.08 Å². The van der Waals surface area contributed by atoms with E-state index < -0.39 is 5.97 Å². The molecular formula is C14H24O3. The lowest BCUT2D eigenvalue weighted by atomic mass is 10.1. The van der Waals surface area contributed by atoms with Crippen molar-refractivity contribution in [2.75, 3.05) is 0 Å². The third kappa shape index (κ3) is 12.8. The topological polar surface area (TPSA) is 54.4 Å². The van der Waals surface area contributed by atoms with Gasteiger partial charge in [-0.25, -0.2) is 0 Å². The molecular weight excluding hydrogens is 216 g/mol. The van der Waals surface area contributed by atoms with Crippen LogP contribution in [0.4, 0.5) is 0 Å². The van der Waals surface area contributed by atoms with Gasteiger partial charge in [-0.1, -0.05) is 38.3 Å². The maximum Gasteiger partial charge on any atom is 0.303 e. The van der Waals surface area contributed by atoms with Crippen molar-refractivity contribution in [3.8, 4) is 0 Å². The van der Waals surface area contributed by atoms with Crippen LogP contribution < -0.4 is 0 Å². The Hall–Kier alpha value is -1.12. The molecule has 0 aromatic carbocycles. The van der Waals surface area contributed by atoms with Crippen LogP contribution in [-0.2, 0) is 9.59 Å². The highest BCUT2D eigenvalue weighted by Gasteiger charge is 1.96. The SMILES string of the molecule is CCC(=O)CC=CCCCCCCCC(=O)O. The van der Waals surface area contributed by atoms with Gasteiger partial charge in [0.05, 0.1) is 0 Å². The maximum atomic E-state index is 11.0. The lowest BCUT2D eigenvalue weighted by Gasteiger charge is -1.98. The van der Waals surface area contributed by atoms with Gasteiger partial charge in [0.25, 0.3) is 0 Å². The lowest BCUT2D eigenvalue weighted by molar-refractivity contribution is -0.137. The summed E-state index contributed by atoms with van der Waals surface area (Å²) in [6.45, 7) is 1.88. The number of allylic oxidation sites excluding steroid dienone is 2. The maximum absolute atomic E-state index is 11.0. The van der Waals surface area contributed by atoms with Crippen molar-refractivity contribution < 1.29 is 14.7 Å². The Labute approximate surface area is 104 Å². The predicted octanol–water partition coefficient (Wildman–Crippen LogP) is 3.73. The van der Waals surface area contributed by atoms with E-state index in [0.29, 0.717) is 19.3 Å². The van der Waals surface area contributed by atoms with Crippen molar-refractivity contribution in [1.82, 2.24) is 0 Å². The van der Waals surface area contributed by atoms with Crippen LogP contribution in [0, 0.1) is 0 Å². The number of ketones is 1. The molecule has 98 valence electrons. The first-order valence-corrected chi connectivity index (χ1v) is 6.55. The van der Waals surface area contributed by atoms with Gasteiger partial charge >= 0.3 is 5.97 Å². The van der Waals surface area contributed by atoms with Crippen LogP contribution in [0.2, 0.25) is 0 Å². The second-order valence-corrected chi connectivity index (χ2v) is 4.27. The monoisotopic (exact) mass is 240 g/mol. The third-order valence-corrected chi connectivity index (χ3v) is 2.67. The number of rotatable bonds is 11. The molecule has 0 rings (SSSR count). The van der Waals surface area contributed by atoms with E-state index in [0.717, 1.165) is 38.5 Å². The Morgan fingerprint density at radius 2 is 1.65 bits per heavy atom. The van der Waals surface area contributed by atoms with E-state index in [1.165, 1.54) is 0 Å². The molecule has 0 spiro atoms. The largest absolute Gasteiger partial charge is 0.481 e. The molecule has 0 fully saturated rings. The van der Waals surface area contributed by atoms with Crippen LogP contribution >= 0.6 is 0 Å². The van der Waals surface area contributed by atoms with E-state index in [-0.39, 0.29) is 5.78 Å². The number of carbonyl (C=O) groups excluding carboxylic acids is 1. The van der Waals surface area contributed by atoms with Crippen molar-refractivity contribution in [3.63, 3.8) is 0 Å². The second kappa shape index (κ2) is 11.4. The molecule has 0 atom stereocenters. The first-order valence-electron chi connectivity index (χ1n) is 6.55. The van der Waals surface area contributed by atoms with Gasteiger partial charge in [0.1, 0.15) is 5.78 Å². The number of unbranched alkanes of at least 4 members (excludes halogenated alkanes) is 5. The fourth-order valence-electron chi connectivity index (χ4n) is 1.55. The molecule has 3 nitrogen and oxygen atoms in total. The summed E-state index contributed by atoms with van der Waals surface area (Å²) >= 11 is 0. The molecule has 1 N–H and O–H groups in total. The minimum Gasteiger partial charge on any atom is -0.481 e. The van der Waals surface area contributed by atoms with Crippen LogP contribution in [0.3, 0.4) is 0 Å². The van der Waals surface area contributed by atoms with Crippen molar-refractivity contribution >= 4 is 11.8 Å². The summed E-state index contributed by atoms with van der Waals surface area (Å²) in [6, 6.07) is 0. The normalized spacial score (nSPS) is 10.9. The average molecular weight is 240 g/mol. The van der Waals surface area contributed by atoms with Gasteiger partial charge in [-0.05, 0) is 19.3 Å². The number of Topliss-reactive ketones (excluding diaryl/α,β-unsaturated/α-hetero) is 1. The molecule has 0 aliphatic carbocycles. The average Bonchev–Trinajstić information content (AvgIpc) is 2.30. The van der Waals surface area contributed by atoms with E-state index in [9.17, 15) is 9.59 Å². The number of carboxylic acid groups (broad SMARTS) is 1. The lowest BCUT2D eigenvalue weighted by Crippen LogP contribution is -1.93. The molecule has 0 bridgehead atoms. The molecule has 0 saturated heterocycles. The number of hydrogen-bond donors (Lipinski definition) is 1. The van der Waals surface area contributed by atoms with Gasteiger partial charge in [-0.15, -0.1) is 0 Å². The van der Waals surface area contributed by atoms with Gasteiger partial charge in [0, 0.05) is 19.3 Å². The van der Waals surface area contributed by atoms with E-state index in [1.54, 1.807) is 0 Å². The third-order valence-electron chi connectivity index (χ3n) is 2.67. The molecule has 0 aromatic rings. The Morgan fingerprint density at radius 3 is 2.29 bits per heavy atom. The summed E-state index contributed by atoms with van der Waals surface area (Å²) in [7, 11) is 0. The molecule has 0 aromatic heterocycles. The molecule has 17 heavy (non-hydrogen) atoms. The first-order chi connectivity index (χ1) is 8.16. The van der Waals surface area contributed by atoms with Crippen molar-refractivity contribution in [1.29, 1.82) is 0 Å². The zero-order valence-corrected chi connectivity index (χ0v) is 10.8. The highest BCUT2D eigenvalue weighted by Crippen LogP contribution is 2.07. The van der Waals surface area contributed by atoms with Gasteiger partial charge in [0.2, 0.25) is 0 Å². The molecule has 3 heteroatoms. The fraction of sp³-hybridized carbons (Fsp3) is 0.714. The summed E-state index contributed by atoms with van der Waals surface area (Å²) < 4.78 is 0. The molecule has 0 saturated carbocycles. The van der Waals surface area contributed by atoms with Gasteiger partial charge < -0.3 is 5.11 Å². The number of carboxylic acids is 1. The van der Waals surface area contributed by atoms with Crippen LogP contribution in [-0.4, -0.2) is 16.9 Å². The van der Waals surface area contributed by atoms with Gasteiger partial charge in [-0.3, -0.25) is 9.59 Å². The highest BCUT2D eigenvalue weighted by molar-refractivity contribution is 5.79. The summed E-state index contributed by atoms with van der Waals surface area (Å²) in [6.07, 6.45) is 11.7. The summed E-state index contributed by atoms with van der Waals surface area (Å²) in [4.78, 5) is 21.2. The molecule has 0 amide bonds. The zero-order chi connectivity index (χ0) is 12.9. The first kappa shape index (κ1) is 15.9. The zero-order valence-electron chi connectivity index (χ0n) is 10.8. The van der Waals surface area contributed by atoms with Gasteiger partial charge in [-0.2, -0.15) is 0 Å². The Morgan fingerprint density at radius 1 is 1.00 bits per heavy atom. The van der Waals surface area contributed by atoms with Crippen LogP contribution in [0.5, 0.6) is 0 Å². The fourth-order valence-corrected chi connectivity index (χ4v) is 1.55. The standard InChI is InChI=1S/C14H24O3/c1-2-13(15)11-9-7-5-3-4-6-8-10-12-14(16)17/h7,9H,2-6,8,10-12H2,1H3,(H,16,17). The molecule has 0 aliphatic heterocycles. The molecule has 0 radical (unpaired) electrons. The van der Waals surface area contributed by atoms with Crippen molar-refractivity contribution in [3.05, 3.63) is 12.2 Å². The summed E-state index contributed by atoms with van der Waals surface area (Å²) in [5.41, 5.74) is 0. The van der Waals surface area contributed by atoms with E-state index in [4.69, 9.17) is 5.11 Å². The van der Waals surface area contributed by atoms with Gasteiger partial charge in [0.15, 0.2) is 0 Å². The second-order valence-electron chi connectivity index (χ2n) is 4.27. The molecule has 0 heterocycles. The quantitative estimate of drug-likeness (QED) is 0.442. The summed E-state index contributed by atoms with van der Waals surface area (Å²) in [5, 5.41) is 8.44. The number of aliphatic carboxylic acids is 1. The van der Waals surface area contributed by atoms with E-state index in [1.807, 2.05) is 13.0 Å². The Balaban J connectivity index is 3.18. The van der Waals surface area contributed by atoms with Crippen LogP contribution in [0.25, 0.3) is 0 Å². The smallest absolute Gasteiger partial charge is 0.303 e. The Bertz CT molecular complexity index is 244.